The molecule has 1 aromatic carbocycles. The molecule has 0 atom stereocenters. The summed E-state index contributed by atoms with van der Waals surface area (Å²) >= 11 is 1.20. The van der Waals surface area contributed by atoms with Crippen LogP contribution in [0.4, 0.5) is 13.9 Å². The van der Waals surface area contributed by atoms with Crippen LogP contribution in [0.25, 0.3) is 22.6 Å². The molecule has 9 heteroatoms. The largest absolute Gasteiger partial charge is 0.481 e. The van der Waals surface area contributed by atoms with Gasteiger partial charge >= 0.3 is 0 Å². The number of carbonyl (C=O) groups excluding carboxylic acids is 1. The number of pyridine rings is 2. The summed E-state index contributed by atoms with van der Waals surface area (Å²) in [5.41, 5.74) is 0.723. The third kappa shape index (κ3) is 3.87. The third-order valence-corrected chi connectivity index (χ3v) is 4.93. The zero-order valence-corrected chi connectivity index (χ0v) is 16.4. The first kappa shape index (κ1) is 19.6. The molecule has 0 radical (unpaired) electrons. The summed E-state index contributed by atoms with van der Waals surface area (Å²) in [6.45, 7) is 0. The Morgan fingerprint density at radius 3 is 2.53 bits per heavy atom. The number of nitrogens with one attached hydrogen (secondary N) is 1. The maximum absolute atomic E-state index is 14.2. The highest BCUT2D eigenvalue weighted by Crippen LogP contribution is 2.29. The summed E-state index contributed by atoms with van der Waals surface area (Å²) in [4.78, 5) is 25.5. The summed E-state index contributed by atoms with van der Waals surface area (Å²) in [5, 5.41) is 4.69. The summed E-state index contributed by atoms with van der Waals surface area (Å²) in [6.07, 6.45) is 1.37. The van der Waals surface area contributed by atoms with Crippen molar-refractivity contribution >= 4 is 22.4 Å². The van der Waals surface area contributed by atoms with Crippen LogP contribution >= 0.6 is 11.3 Å². The van der Waals surface area contributed by atoms with Crippen LogP contribution in [0, 0.1) is 11.6 Å². The highest BCUT2D eigenvalue weighted by atomic mass is 32.1. The van der Waals surface area contributed by atoms with Gasteiger partial charge < -0.3 is 4.74 Å². The Morgan fingerprint density at radius 1 is 1.00 bits per heavy atom. The standard InChI is InChI=1S/C21H14F2N4O2S/c1-29-17-9-3-8-15(25-17)16-11-30-21(26-16)27-20(28)12-5-4-10-24-19(12)18-13(22)6-2-7-14(18)23/h2-11H,1H3,(H,26,27,28). The van der Waals surface area contributed by atoms with Gasteiger partial charge in [-0.3, -0.25) is 15.1 Å². The van der Waals surface area contributed by atoms with Crippen molar-refractivity contribution in [3.05, 3.63) is 77.3 Å². The first-order valence-electron chi connectivity index (χ1n) is 8.74. The van der Waals surface area contributed by atoms with E-state index in [2.05, 4.69) is 20.3 Å². The van der Waals surface area contributed by atoms with Gasteiger partial charge in [-0.05, 0) is 30.3 Å². The van der Waals surface area contributed by atoms with Crippen LogP contribution < -0.4 is 10.1 Å². The van der Waals surface area contributed by atoms with Gasteiger partial charge in [-0.15, -0.1) is 11.3 Å². The quantitative estimate of drug-likeness (QED) is 0.498. The molecule has 0 aliphatic heterocycles. The van der Waals surface area contributed by atoms with Crippen LogP contribution in [0.2, 0.25) is 0 Å². The molecule has 0 spiro atoms. The first-order valence-corrected chi connectivity index (χ1v) is 9.62. The molecule has 3 aromatic heterocycles. The van der Waals surface area contributed by atoms with Gasteiger partial charge in [0.25, 0.3) is 5.91 Å². The fourth-order valence-corrected chi connectivity index (χ4v) is 3.50. The number of anilines is 1. The van der Waals surface area contributed by atoms with E-state index in [1.165, 1.54) is 42.8 Å². The van der Waals surface area contributed by atoms with E-state index in [4.69, 9.17) is 4.74 Å². The van der Waals surface area contributed by atoms with Crippen molar-refractivity contribution in [2.45, 2.75) is 0 Å². The second kappa shape index (κ2) is 8.34. The van der Waals surface area contributed by atoms with Gasteiger partial charge in [0.2, 0.25) is 5.88 Å². The number of nitrogens with zero attached hydrogens (tertiary/aromatic N) is 3. The highest BCUT2D eigenvalue weighted by Gasteiger charge is 2.21. The Morgan fingerprint density at radius 2 is 1.77 bits per heavy atom. The van der Waals surface area contributed by atoms with Crippen LogP contribution in [-0.4, -0.2) is 28.0 Å². The minimum Gasteiger partial charge on any atom is -0.481 e. The predicted molar refractivity (Wildman–Crippen MR) is 109 cm³/mol. The van der Waals surface area contributed by atoms with Crippen LogP contribution in [0.3, 0.4) is 0 Å². The van der Waals surface area contributed by atoms with Crippen molar-refractivity contribution in [1.82, 2.24) is 15.0 Å². The molecule has 150 valence electrons. The van der Waals surface area contributed by atoms with E-state index in [1.54, 1.807) is 23.6 Å². The Hall–Kier alpha value is -3.72. The lowest BCUT2D eigenvalue weighted by molar-refractivity contribution is 0.102. The molecule has 0 unspecified atom stereocenters. The number of amides is 1. The van der Waals surface area contributed by atoms with Gasteiger partial charge in [-0.2, -0.15) is 0 Å². The lowest BCUT2D eigenvalue weighted by Gasteiger charge is -2.09. The number of aromatic nitrogens is 3. The molecule has 0 fully saturated rings. The number of benzene rings is 1. The average molecular weight is 424 g/mol. The number of thiazole rings is 1. The molecule has 0 saturated heterocycles. The van der Waals surface area contributed by atoms with E-state index in [1.807, 2.05) is 0 Å². The molecule has 30 heavy (non-hydrogen) atoms. The molecule has 4 rings (SSSR count). The number of hydrogen-bond donors (Lipinski definition) is 1. The number of ether oxygens (including phenoxy) is 1. The lowest BCUT2D eigenvalue weighted by atomic mass is 10.0. The summed E-state index contributed by atoms with van der Waals surface area (Å²) in [6, 6.07) is 11.7. The fourth-order valence-electron chi connectivity index (χ4n) is 2.80. The zero-order valence-electron chi connectivity index (χ0n) is 15.6. The van der Waals surface area contributed by atoms with Crippen molar-refractivity contribution in [2.75, 3.05) is 12.4 Å². The van der Waals surface area contributed by atoms with Gasteiger partial charge in [0.1, 0.15) is 17.3 Å². The van der Waals surface area contributed by atoms with Gasteiger partial charge in [0.15, 0.2) is 5.13 Å². The number of halogens is 2. The third-order valence-electron chi connectivity index (χ3n) is 4.17. The van der Waals surface area contributed by atoms with Crippen molar-refractivity contribution < 1.29 is 18.3 Å². The summed E-state index contributed by atoms with van der Waals surface area (Å²) < 4.78 is 33.5. The van der Waals surface area contributed by atoms with E-state index in [0.717, 1.165) is 12.1 Å². The molecular weight excluding hydrogens is 410 g/mol. The monoisotopic (exact) mass is 424 g/mol. The van der Waals surface area contributed by atoms with E-state index in [-0.39, 0.29) is 16.8 Å². The molecule has 4 aromatic rings. The van der Waals surface area contributed by atoms with Gasteiger partial charge in [-0.25, -0.2) is 18.7 Å². The average Bonchev–Trinajstić information content (AvgIpc) is 3.22. The van der Waals surface area contributed by atoms with E-state index < -0.39 is 17.5 Å². The second-order valence-electron chi connectivity index (χ2n) is 6.05. The van der Waals surface area contributed by atoms with Crippen LogP contribution in [0.1, 0.15) is 10.4 Å². The molecule has 1 N–H and O–H groups in total. The first-order chi connectivity index (χ1) is 14.6. The maximum Gasteiger partial charge on any atom is 0.259 e. The number of carbonyl (C=O) groups is 1. The molecule has 0 aliphatic carbocycles. The van der Waals surface area contributed by atoms with E-state index in [0.29, 0.717) is 22.4 Å². The molecule has 1 amide bonds. The van der Waals surface area contributed by atoms with Crippen molar-refractivity contribution in [3.8, 4) is 28.5 Å². The zero-order chi connectivity index (χ0) is 21.1. The number of hydrogen-bond acceptors (Lipinski definition) is 6. The van der Waals surface area contributed by atoms with Crippen molar-refractivity contribution in [1.29, 1.82) is 0 Å². The number of rotatable bonds is 5. The lowest BCUT2D eigenvalue weighted by Crippen LogP contribution is -2.14. The SMILES string of the molecule is COc1cccc(-c2csc(NC(=O)c3cccnc3-c3c(F)cccc3F)n2)n1. The molecule has 0 aliphatic rings. The Bertz CT molecular complexity index is 1210. The maximum atomic E-state index is 14.2. The highest BCUT2D eigenvalue weighted by molar-refractivity contribution is 7.14. The smallest absolute Gasteiger partial charge is 0.259 e. The second-order valence-corrected chi connectivity index (χ2v) is 6.91. The summed E-state index contributed by atoms with van der Waals surface area (Å²) in [5.74, 6) is -1.75. The number of methoxy groups -OCH3 is 1. The van der Waals surface area contributed by atoms with Crippen molar-refractivity contribution in [2.24, 2.45) is 0 Å². The van der Waals surface area contributed by atoms with Crippen LogP contribution in [0.5, 0.6) is 5.88 Å². The minimum absolute atomic E-state index is 0.0257. The molecule has 0 bridgehead atoms. The van der Waals surface area contributed by atoms with Crippen LogP contribution in [-0.2, 0) is 0 Å². The Balaban J connectivity index is 1.62. The minimum atomic E-state index is -0.802. The van der Waals surface area contributed by atoms with Crippen LogP contribution in [0.15, 0.2) is 60.1 Å². The summed E-state index contributed by atoms with van der Waals surface area (Å²) in [7, 11) is 1.52. The van der Waals surface area contributed by atoms with E-state index in [9.17, 15) is 13.6 Å². The van der Waals surface area contributed by atoms with Crippen molar-refractivity contribution in [3.63, 3.8) is 0 Å². The van der Waals surface area contributed by atoms with Gasteiger partial charge in [0, 0.05) is 17.6 Å². The fraction of sp³-hybridized carbons (Fsp3) is 0.0476. The Labute approximate surface area is 174 Å². The normalized spacial score (nSPS) is 10.6. The molecule has 0 saturated carbocycles. The van der Waals surface area contributed by atoms with E-state index >= 15 is 0 Å². The molecule has 6 nitrogen and oxygen atoms in total. The van der Waals surface area contributed by atoms with Gasteiger partial charge in [0.05, 0.1) is 29.6 Å². The topological polar surface area (TPSA) is 77.0 Å². The molecule has 3 heterocycles. The van der Waals surface area contributed by atoms with Gasteiger partial charge in [-0.1, -0.05) is 12.1 Å². The predicted octanol–water partition coefficient (Wildman–Crippen LogP) is 4.81. The Kier molecular flexibility index (Phi) is 5.44. The molecular formula is C21H14F2N4O2S.